The average molecular weight is 158 g/mol. The summed E-state index contributed by atoms with van der Waals surface area (Å²) in [5.41, 5.74) is 0.964. The monoisotopic (exact) mass is 158 g/mol. The van der Waals surface area contributed by atoms with Gasteiger partial charge in [0.2, 0.25) is 0 Å². The molecule has 1 aliphatic heterocycles. The highest BCUT2D eigenvalue weighted by atomic mass is 19.1. The van der Waals surface area contributed by atoms with Crippen molar-refractivity contribution in [2.45, 2.75) is 39.2 Å². The molecule has 0 unspecified atom stereocenters. The molecule has 0 radical (unpaired) electrons. The van der Waals surface area contributed by atoms with E-state index in [1.807, 2.05) is 0 Å². The zero-order chi connectivity index (χ0) is 8.27. The van der Waals surface area contributed by atoms with Crippen LogP contribution in [-0.4, -0.2) is 12.7 Å². The maximum Gasteiger partial charge on any atom is 0.128 e. The molecule has 1 rings (SSSR count). The second kappa shape index (κ2) is 3.86. The van der Waals surface area contributed by atoms with Crippen molar-refractivity contribution in [2.75, 3.05) is 6.61 Å². The first-order chi connectivity index (χ1) is 5.25. The number of ether oxygens (including phenoxy) is 1. The largest absolute Gasteiger partial charge is 0.371 e. The normalized spacial score (nSPS) is 25.9. The van der Waals surface area contributed by atoms with Crippen molar-refractivity contribution in [3.63, 3.8) is 0 Å². The minimum Gasteiger partial charge on any atom is -0.371 e. The Morgan fingerprint density at radius 2 is 2.36 bits per heavy atom. The lowest BCUT2D eigenvalue weighted by molar-refractivity contribution is 0.0610. The first-order valence-electron chi connectivity index (χ1n) is 4.24. The fourth-order valence-corrected chi connectivity index (χ4v) is 1.39. The van der Waals surface area contributed by atoms with Crippen LogP contribution in [0.5, 0.6) is 0 Å². The summed E-state index contributed by atoms with van der Waals surface area (Å²) in [4.78, 5) is 0. The summed E-state index contributed by atoms with van der Waals surface area (Å²) in [6, 6.07) is 0. The van der Waals surface area contributed by atoms with E-state index in [0.717, 1.165) is 24.8 Å². The highest BCUT2D eigenvalue weighted by Crippen LogP contribution is 2.25. The molecule has 1 heterocycles. The van der Waals surface area contributed by atoms with Crippen LogP contribution in [0.15, 0.2) is 11.4 Å². The van der Waals surface area contributed by atoms with Gasteiger partial charge < -0.3 is 4.74 Å². The third-order valence-corrected chi connectivity index (χ3v) is 2.02. The molecule has 0 saturated heterocycles. The second-order valence-corrected chi connectivity index (χ2v) is 2.96. The second-order valence-electron chi connectivity index (χ2n) is 2.96. The lowest BCUT2D eigenvalue weighted by Crippen LogP contribution is -2.17. The molecular formula is C9H15FO. The van der Waals surface area contributed by atoms with Gasteiger partial charge >= 0.3 is 0 Å². The third-order valence-electron chi connectivity index (χ3n) is 2.02. The van der Waals surface area contributed by atoms with Crippen LogP contribution in [0.25, 0.3) is 0 Å². The molecule has 2 heteroatoms. The molecular weight excluding hydrogens is 143 g/mol. The summed E-state index contributed by atoms with van der Waals surface area (Å²) in [6.45, 7) is 4.52. The lowest BCUT2D eigenvalue weighted by Gasteiger charge is -2.20. The first kappa shape index (κ1) is 8.72. The molecule has 0 aromatic rings. The van der Waals surface area contributed by atoms with Gasteiger partial charge in [0.15, 0.2) is 0 Å². The number of halogens is 1. The molecule has 0 amide bonds. The van der Waals surface area contributed by atoms with Crippen LogP contribution in [0, 0.1) is 0 Å². The molecule has 0 aromatic carbocycles. The van der Waals surface area contributed by atoms with Crippen molar-refractivity contribution >= 4 is 0 Å². The third kappa shape index (κ3) is 2.03. The van der Waals surface area contributed by atoms with Crippen LogP contribution in [0.1, 0.15) is 33.1 Å². The highest BCUT2D eigenvalue weighted by molar-refractivity contribution is 5.13. The summed E-state index contributed by atoms with van der Waals surface area (Å²) < 4.78 is 18.3. The van der Waals surface area contributed by atoms with Gasteiger partial charge in [-0.3, -0.25) is 0 Å². The SMILES string of the molecule is CCCC1=C(F)[C@@H](C)OCC1. The number of hydrogen-bond donors (Lipinski definition) is 0. The molecule has 0 aromatic heterocycles. The average Bonchev–Trinajstić information content (AvgIpc) is 1.99. The van der Waals surface area contributed by atoms with E-state index >= 15 is 0 Å². The number of rotatable bonds is 2. The first-order valence-corrected chi connectivity index (χ1v) is 4.24. The minimum absolute atomic E-state index is 0.0295. The van der Waals surface area contributed by atoms with Gasteiger partial charge in [-0.1, -0.05) is 13.3 Å². The zero-order valence-corrected chi connectivity index (χ0v) is 7.19. The fourth-order valence-electron chi connectivity index (χ4n) is 1.39. The van der Waals surface area contributed by atoms with Crippen molar-refractivity contribution in [3.05, 3.63) is 11.4 Å². The molecule has 0 aliphatic carbocycles. The van der Waals surface area contributed by atoms with Gasteiger partial charge in [0.25, 0.3) is 0 Å². The molecule has 0 saturated carbocycles. The van der Waals surface area contributed by atoms with Crippen LogP contribution in [0.2, 0.25) is 0 Å². The van der Waals surface area contributed by atoms with E-state index in [0.29, 0.717) is 6.61 Å². The van der Waals surface area contributed by atoms with Gasteiger partial charge in [-0.25, -0.2) is 4.39 Å². The molecule has 0 fully saturated rings. The van der Waals surface area contributed by atoms with E-state index in [2.05, 4.69) is 6.92 Å². The topological polar surface area (TPSA) is 9.23 Å². The van der Waals surface area contributed by atoms with Gasteiger partial charge in [0, 0.05) is 0 Å². The quantitative estimate of drug-likeness (QED) is 0.600. The zero-order valence-electron chi connectivity index (χ0n) is 7.19. The van der Waals surface area contributed by atoms with E-state index in [4.69, 9.17) is 4.74 Å². The van der Waals surface area contributed by atoms with E-state index in [1.54, 1.807) is 6.92 Å². The molecule has 0 spiro atoms. The van der Waals surface area contributed by atoms with Crippen LogP contribution in [0.4, 0.5) is 4.39 Å². The molecule has 0 bridgehead atoms. The van der Waals surface area contributed by atoms with Gasteiger partial charge in [-0.2, -0.15) is 0 Å². The van der Waals surface area contributed by atoms with Crippen molar-refractivity contribution < 1.29 is 9.13 Å². The maximum absolute atomic E-state index is 13.2. The predicted molar refractivity (Wildman–Crippen MR) is 43.1 cm³/mol. The van der Waals surface area contributed by atoms with Crippen molar-refractivity contribution in [2.24, 2.45) is 0 Å². The van der Waals surface area contributed by atoms with Crippen LogP contribution in [-0.2, 0) is 4.74 Å². The Labute approximate surface area is 67.2 Å². The van der Waals surface area contributed by atoms with Crippen molar-refractivity contribution in [1.29, 1.82) is 0 Å². The van der Waals surface area contributed by atoms with Crippen molar-refractivity contribution in [1.82, 2.24) is 0 Å². The molecule has 64 valence electrons. The van der Waals surface area contributed by atoms with Gasteiger partial charge in [-0.15, -0.1) is 0 Å². The Morgan fingerprint density at radius 3 is 3.00 bits per heavy atom. The molecule has 0 N–H and O–H groups in total. The Kier molecular flexibility index (Phi) is 3.06. The van der Waals surface area contributed by atoms with Crippen LogP contribution in [0.3, 0.4) is 0 Å². The standard InChI is InChI=1S/C9H15FO/c1-3-4-8-5-6-11-7(2)9(8)10/h7H,3-6H2,1-2H3/t7-/m1/s1. The van der Waals surface area contributed by atoms with E-state index in [-0.39, 0.29) is 11.9 Å². The smallest absolute Gasteiger partial charge is 0.128 e. The Hall–Kier alpha value is -0.370. The maximum atomic E-state index is 13.2. The fraction of sp³-hybridized carbons (Fsp3) is 0.778. The van der Waals surface area contributed by atoms with Crippen LogP contribution >= 0.6 is 0 Å². The summed E-state index contributed by atoms with van der Waals surface area (Å²) in [5, 5.41) is 0. The minimum atomic E-state index is -0.301. The molecule has 1 atom stereocenters. The Morgan fingerprint density at radius 1 is 1.64 bits per heavy atom. The van der Waals surface area contributed by atoms with Crippen LogP contribution < -0.4 is 0 Å². The Bertz CT molecular complexity index is 163. The summed E-state index contributed by atoms with van der Waals surface area (Å²) in [5.74, 6) is -0.0295. The lowest BCUT2D eigenvalue weighted by atomic mass is 10.0. The summed E-state index contributed by atoms with van der Waals surface area (Å²) in [6.07, 6.45) is 2.39. The Balaban J connectivity index is 2.63. The van der Waals surface area contributed by atoms with Gasteiger partial charge in [0.1, 0.15) is 11.9 Å². The summed E-state index contributed by atoms with van der Waals surface area (Å²) in [7, 11) is 0. The van der Waals surface area contributed by atoms with Crippen molar-refractivity contribution in [3.8, 4) is 0 Å². The summed E-state index contributed by atoms with van der Waals surface area (Å²) >= 11 is 0. The predicted octanol–water partition coefficient (Wildman–Crippen LogP) is 2.82. The van der Waals surface area contributed by atoms with Gasteiger partial charge in [-0.05, 0) is 25.3 Å². The van der Waals surface area contributed by atoms with E-state index in [9.17, 15) is 4.39 Å². The molecule has 11 heavy (non-hydrogen) atoms. The molecule has 1 aliphatic rings. The van der Waals surface area contributed by atoms with E-state index in [1.165, 1.54) is 0 Å². The van der Waals surface area contributed by atoms with Gasteiger partial charge in [0.05, 0.1) is 6.61 Å². The van der Waals surface area contributed by atoms with E-state index < -0.39 is 0 Å². The molecule has 1 nitrogen and oxygen atoms in total. The number of hydrogen-bond acceptors (Lipinski definition) is 1. The highest BCUT2D eigenvalue weighted by Gasteiger charge is 2.18.